The number of nitrogen functional groups attached to an aromatic ring is 1. The van der Waals surface area contributed by atoms with Crippen LogP contribution < -0.4 is 11.1 Å². The summed E-state index contributed by atoms with van der Waals surface area (Å²) in [6.07, 6.45) is -2.84. The molecule has 7 heteroatoms. The van der Waals surface area contributed by atoms with E-state index >= 15 is 0 Å². The minimum atomic E-state index is -4.45. The summed E-state index contributed by atoms with van der Waals surface area (Å²) in [6, 6.07) is 7.01. The summed E-state index contributed by atoms with van der Waals surface area (Å²) in [5.41, 5.74) is 5.22. The summed E-state index contributed by atoms with van der Waals surface area (Å²) >= 11 is 0. The van der Waals surface area contributed by atoms with Crippen molar-refractivity contribution in [3.05, 3.63) is 47.8 Å². The normalized spacial score (nSPS) is 11.3. The molecule has 2 rings (SSSR count). The van der Waals surface area contributed by atoms with Crippen LogP contribution in [0.25, 0.3) is 0 Å². The topological polar surface area (TPSA) is 63.8 Å². The number of halogens is 3. The number of hydrogen-bond donors (Lipinski definition) is 2. The maximum Gasteiger partial charge on any atom is 0.416 e. The summed E-state index contributed by atoms with van der Waals surface area (Å²) in [6.45, 7) is 0.272. The lowest BCUT2D eigenvalue weighted by molar-refractivity contribution is -0.137. The fourth-order valence-electron chi connectivity index (χ4n) is 1.49. The van der Waals surface area contributed by atoms with Crippen molar-refractivity contribution in [3.63, 3.8) is 0 Å². The SMILES string of the molecule is Nc1cc(C(F)(F)F)cc(NCc2ccccn2)n1. The van der Waals surface area contributed by atoms with Crippen LogP contribution >= 0.6 is 0 Å². The van der Waals surface area contributed by atoms with Crippen LogP contribution in [-0.2, 0) is 12.7 Å². The second-order valence-corrected chi connectivity index (χ2v) is 3.84. The van der Waals surface area contributed by atoms with Gasteiger partial charge in [0.1, 0.15) is 11.6 Å². The molecule has 2 heterocycles. The molecule has 2 aromatic rings. The van der Waals surface area contributed by atoms with Crippen LogP contribution in [0.15, 0.2) is 36.5 Å². The number of nitrogens with zero attached hydrogens (tertiary/aromatic N) is 2. The third kappa shape index (κ3) is 3.57. The fourth-order valence-corrected chi connectivity index (χ4v) is 1.49. The van der Waals surface area contributed by atoms with Crippen molar-refractivity contribution in [2.75, 3.05) is 11.1 Å². The zero-order valence-corrected chi connectivity index (χ0v) is 9.78. The van der Waals surface area contributed by atoms with Crippen LogP contribution in [0.1, 0.15) is 11.3 Å². The molecular weight excluding hydrogens is 257 g/mol. The van der Waals surface area contributed by atoms with Crippen LogP contribution in [0.5, 0.6) is 0 Å². The average Bonchev–Trinajstić information content (AvgIpc) is 2.36. The van der Waals surface area contributed by atoms with Gasteiger partial charge in [-0.2, -0.15) is 13.2 Å². The molecule has 0 aliphatic heterocycles. The molecule has 0 amide bonds. The number of aromatic nitrogens is 2. The van der Waals surface area contributed by atoms with E-state index in [0.29, 0.717) is 5.69 Å². The number of hydrogen-bond acceptors (Lipinski definition) is 4. The van der Waals surface area contributed by atoms with E-state index in [4.69, 9.17) is 5.73 Å². The van der Waals surface area contributed by atoms with Crippen molar-refractivity contribution in [2.24, 2.45) is 0 Å². The van der Waals surface area contributed by atoms with E-state index in [-0.39, 0.29) is 18.2 Å². The number of nitrogens with two attached hydrogens (primary N) is 1. The second-order valence-electron chi connectivity index (χ2n) is 3.84. The predicted molar refractivity (Wildman–Crippen MR) is 65.2 cm³/mol. The van der Waals surface area contributed by atoms with Crippen molar-refractivity contribution < 1.29 is 13.2 Å². The van der Waals surface area contributed by atoms with Crippen LogP contribution in [-0.4, -0.2) is 9.97 Å². The summed E-state index contributed by atoms with van der Waals surface area (Å²) in [4.78, 5) is 7.84. The van der Waals surface area contributed by atoms with Crippen LogP contribution in [0.4, 0.5) is 24.8 Å². The lowest BCUT2D eigenvalue weighted by Crippen LogP contribution is -2.10. The summed E-state index contributed by atoms with van der Waals surface area (Å²) in [5.74, 6) is -0.115. The molecule has 0 radical (unpaired) electrons. The van der Waals surface area contributed by atoms with Gasteiger partial charge in [-0.3, -0.25) is 4.98 Å². The quantitative estimate of drug-likeness (QED) is 0.898. The fraction of sp³-hybridized carbons (Fsp3) is 0.167. The highest BCUT2D eigenvalue weighted by Gasteiger charge is 2.31. The van der Waals surface area contributed by atoms with Gasteiger partial charge >= 0.3 is 6.18 Å². The molecule has 3 N–H and O–H groups in total. The van der Waals surface area contributed by atoms with Crippen molar-refractivity contribution in [2.45, 2.75) is 12.7 Å². The standard InChI is InChI=1S/C12H11F3N4/c13-12(14,15)8-5-10(16)19-11(6-8)18-7-9-3-1-2-4-17-9/h1-6H,7H2,(H3,16,18,19). The molecular formula is C12H11F3N4. The summed E-state index contributed by atoms with van der Waals surface area (Å²) in [7, 11) is 0. The zero-order chi connectivity index (χ0) is 13.9. The number of anilines is 2. The first kappa shape index (κ1) is 13.1. The van der Waals surface area contributed by atoms with E-state index in [1.807, 2.05) is 0 Å². The van der Waals surface area contributed by atoms with Crippen LogP contribution in [0, 0.1) is 0 Å². The highest BCUT2D eigenvalue weighted by atomic mass is 19.4. The van der Waals surface area contributed by atoms with Crippen LogP contribution in [0.3, 0.4) is 0 Å². The number of pyridine rings is 2. The molecule has 0 spiro atoms. The van der Waals surface area contributed by atoms with Crippen LogP contribution in [0.2, 0.25) is 0 Å². The van der Waals surface area contributed by atoms with Gasteiger partial charge in [0.25, 0.3) is 0 Å². The Bertz CT molecular complexity index is 555. The Morgan fingerprint density at radius 1 is 1.21 bits per heavy atom. The predicted octanol–water partition coefficient (Wildman–Crippen LogP) is 2.69. The molecule has 0 bridgehead atoms. The Kier molecular flexibility index (Phi) is 3.55. The van der Waals surface area contributed by atoms with E-state index in [0.717, 1.165) is 12.1 Å². The molecule has 4 nitrogen and oxygen atoms in total. The first-order chi connectivity index (χ1) is 8.95. The van der Waals surface area contributed by atoms with Gasteiger partial charge in [-0.1, -0.05) is 6.07 Å². The van der Waals surface area contributed by atoms with Crippen molar-refractivity contribution >= 4 is 11.6 Å². The minimum Gasteiger partial charge on any atom is -0.384 e. The van der Waals surface area contributed by atoms with E-state index < -0.39 is 11.7 Å². The summed E-state index contributed by atoms with van der Waals surface area (Å²) < 4.78 is 37.8. The molecule has 0 saturated heterocycles. The van der Waals surface area contributed by atoms with E-state index in [9.17, 15) is 13.2 Å². The van der Waals surface area contributed by atoms with Gasteiger partial charge in [-0.15, -0.1) is 0 Å². The maximum absolute atomic E-state index is 12.6. The number of alkyl halides is 3. The van der Waals surface area contributed by atoms with E-state index in [1.165, 1.54) is 0 Å². The Hall–Kier alpha value is -2.31. The molecule has 0 unspecified atom stereocenters. The third-order valence-corrected chi connectivity index (χ3v) is 2.35. The average molecular weight is 268 g/mol. The molecule has 0 atom stereocenters. The van der Waals surface area contributed by atoms with Gasteiger partial charge in [0.15, 0.2) is 0 Å². The Balaban J connectivity index is 2.15. The molecule has 0 fully saturated rings. The van der Waals surface area contributed by atoms with Gasteiger partial charge in [0, 0.05) is 6.20 Å². The Labute approximate surface area is 107 Å². The monoisotopic (exact) mass is 268 g/mol. The third-order valence-electron chi connectivity index (χ3n) is 2.35. The molecule has 0 aromatic carbocycles. The van der Waals surface area contributed by atoms with E-state index in [2.05, 4.69) is 15.3 Å². The first-order valence-corrected chi connectivity index (χ1v) is 5.44. The van der Waals surface area contributed by atoms with Gasteiger partial charge in [0.2, 0.25) is 0 Å². The maximum atomic E-state index is 12.6. The van der Waals surface area contributed by atoms with Crippen molar-refractivity contribution in [1.82, 2.24) is 9.97 Å². The largest absolute Gasteiger partial charge is 0.416 e. The van der Waals surface area contributed by atoms with Crippen molar-refractivity contribution in [3.8, 4) is 0 Å². The molecule has 0 aliphatic rings. The van der Waals surface area contributed by atoms with Gasteiger partial charge in [-0.25, -0.2) is 4.98 Å². The summed E-state index contributed by atoms with van der Waals surface area (Å²) in [5, 5.41) is 2.76. The minimum absolute atomic E-state index is 0.0676. The second kappa shape index (κ2) is 5.13. The lowest BCUT2D eigenvalue weighted by atomic mass is 10.2. The smallest absolute Gasteiger partial charge is 0.384 e. The van der Waals surface area contributed by atoms with Gasteiger partial charge in [0.05, 0.1) is 17.8 Å². The Morgan fingerprint density at radius 3 is 2.63 bits per heavy atom. The number of nitrogens with one attached hydrogen (secondary N) is 1. The molecule has 100 valence electrons. The van der Waals surface area contributed by atoms with Gasteiger partial charge < -0.3 is 11.1 Å². The van der Waals surface area contributed by atoms with Crippen molar-refractivity contribution in [1.29, 1.82) is 0 Å². The molecule has 2 aromatic heterocycles. The zero-order valence-electron chi connectivity index (χ0n) is 9.78. The molecule has 0 saturated carbocycles. The Morgan fingerprint density at radius 2 is 2.00 bits per heavy atom. The lowest BCUT2D eigenvalue weighted by Gasteiger charge is -2.11. The van der Waals surface area contributed by atoms with Gasteiger partial charge in [-0.05, 0) is 24.3 Å². The number of rotatable bonds is 3. The molecule has 0 aliphatic carbocycles. The highest BCUT2D eigenvalue weighted by molar-refractivity contribution is 5.47. The highest BCUT2D eigenvalue weighted by Crippen LogP contribution is 2.31. The van der Waals surface area contributed by atoms with E-state index in [1.54, 1.807) is 24.4 Å². The first-order valence-electron chi connectivity index (χ1n) is 5.44. The molecule has 19 heavy (non-hydrogen) atoms.